The fourth-order valence-corrected chi connectivity index (χ4v) is 1.66. The number of nitrogens with zero attached hydrogens (tertiary/aromatic N) is 1. The third kappa shape index (κ3) is 8.05. The molecule has 4 nitrogen and oxygen atoms in total. The van der Waals surface area contributed by atoms with Crippen LogP contribution in [-0.2, 0) is 0 Å². The zero-order valence-corrected chi connectivity index (χ0v) is 10.9. The highest BCUT2D eigenvalue weighted by molar-refractivity contribution is 4.65. The van der Waals surface area contributed by atoms with Gasteiger partial charge in [-0.05, 0) is 39.4 Å². The molecular formula is C12H28N2O2. The van der Waals surface area contributed by atoms with Crippen molar-refractivity contribution in [2.24, 2.45) is 0 Å². The van der Waals surface area contributed by atoms with E-state index in [-0.39, 0.29) is 6.61 Å². The zero-order valence-electron chi connectivity index (χ0n) is 10.9. The van der Waals surface area contributed by atoms with Crippen molar-refractivity contribution in [1.82, 2.24) is 10.2 Å². The van der Waals surface area contributed by atoms with Crippen molar-refractivity contribution in [3.63, 3.8) is 0 Å². The second-order valence-corrected chi connectivity index (χ2v) is 4.31. The highest BCUT2D eigenvalue weighted by Gasteiger charge is 2.06. The number of hydrogen-bond acceptors (Lipinski definition) is 4. The van der Waals surface area contributed by atoms with E-state index in [0.717, 1.165) is 26.1 Å². The van der Waals surface area contributed by atoms with Crippen LogP contribution in [0, 0.1) is 0 Å². The summed E-state index contributed by atoms with van der Waals surface area (Å²) >= 11 is 0. The molecule has 98 valence electrons. The van der Waals surface area contributed by atoms with Gasteiger partial charge in [-0.25, -0.2) is 0 Å². The van der Waals surface area contributed by atoms with Crippen molar-refractivity contribution < 1.29 is 10.2 Å². The Labute approximate surface area is 99.7 Å². The maximum atomic E-state index is 9.18. The summed E-state index contributed by atoms with van der Waals surface area (Å²) in [7, 11) is 0. The highest BCUT2D eigenvalue weighted by atomic mass is 16.3. The van der Waals surface area contributed by atoms with Gasteiger partial charge in [0.25, 0.3) is 0 Å². The molecule has 0 rings (SSSR count). The van der Waals surface area contributed by atoms with Gasteiger partial charge in [0.2, 0.25) is 0 Å². The first kappa shape index (κ1) is 15.8. The smallest absolute Gasteiger partial charge is 0.0895 e. The maximum Gasteiger partial charge on any atom is 0.0895 e. The lowest BCUT2D eigenvalue weighted by Crippen LogP contribution is -2.36. The summed E-state index contributed by atoms with van der Waals surface area (Å²) in [6.45, 7) is 10.2. The van der Waals surface area contributed by atoms with Crippen LogP contribution in [0.1, 0.15) is 33.6 Å². The summed E-state index contributed by atoms with van der Waals surface area (Å²) in [4.78, 5) is 2.41. The zero-order chi connectivity index (χ0) is 12.4. The fourth-order valence-electron chi connectivity index (χ4n) is 1.66. The molecule has 0 aromatic carbocycles. The highest BCUT2D eigenvalue weighted by Crippen LogP contribution is 1.99. The molecule has 1 unspecified atom stereocenters. The van der Waals surface area contributed by atoms with E-state index < -0.39 is 6.10 Å². The van der Waals surface area contributed by atoms with Crippen molar-refractivity contribution in [3.05, 3.63) is 0 Å². The third-order valence-electron chi connectivity index (χ3n) is 2.92. The SMILES string of the molecule is CCN(CC)CCCC(C)NC[C@H](O)CO. The second-order valence-electron chi connectivity index (χ2n) is 4.31. The molecule has 0 aromatic heterocycles. The van der Waals surface area contributed by atoms with Crippen LogP contribution in [0.5, 0.6) is 0 Å². The number of hydrogen-bond donors (Lipinski definition) is 3. The molecule has 0 aliphatic rings. The fraction of sp³-hybridized carbons (Fsp3) is 1.00. The second kappa shape index (κ2) is 10.0. The monoisotopic (exact) mass is 232 g/mol. The number of aliphatic hydroxyl groups excluding tert-OH is 2. The normalized spacial score (nSPS) is 15.4. The standard InChI is InChI=1S/C12H28N2O2/c1-4-14(5-2)8-6-7-11(3)13-9-12(16)10-15/h11-13,15-16H,4-10H2,1-3H3/t11?,12-/m0/s1. The van der Waals surface area contributed by atoms with Crippen molar-refractivity contribution in [1.29, 1.82) is 0 Å². The number of rotatable bonds is 10. The molecule has 0 aromatic rings. The molecule has 0 radical (unpaired) electrons. The Kier molecular flexibility index (Phi) is 9.92. The molecule has 2 atom stereocenters. The predicted octanol–water partition coefficient (Wildman–Crippen LogP) is 0.440. The lowest BCUT2D eigenvalue weighted by Gasteiger charge is -2.20. The summed E-state index contributed by atoms with van der Waals surface area (Å²) in [5, 5.41) is 21.1. The molecule has 0 spiro atoms. The van der Waals surface area contributed by atoms with Crippen molar-refractivity contribution >= 4 is 0 Å². The minimum absolute atomic E-state index is 0.167. The molecule has 0 heterocycles. The molecule has 3 N–H and O–H groups in total. The van der Waals surface area contributed by atoms with E-state index >= 15 is 0 Å². The Morgan fingerprint density at radius 2 is 1.88 bits per heavy atom. The van der Waals surface area contributed by atoms with Crippen LogP contribution < -0.4 is 5.32 Å². The quantitative estimate of drug-likeness (QED) is 0.511. The average molecular weight is 232 g/mol. The Hall–Kier alpha value is -0.160. The van der Waals surface area contributed by atoms with Crippen LogP contribution in [0.15, 0.2) is 0 Å². The van der Waals surface area contributed by atoms with Gasteiger partial charge in [0.15, 0.2) is 0 Å². The Morgan fingerprint density at radius 1 is 1.25 bits per heavy atom. The Morgan fingerprint density at radius 3 is 2.38 bits per heavy atom. The van der Waals surface area contributed by atoms with Gasteiger partial charge in [-0.15, -0.1) is 0 Å². The number of nitrogens with one attached hydrogen (secondary N) is 1. The molecule has 0 fully saturated rings. The first-order chi connectivity index (χ1) is 7.63. The van der Waals surface area contributed by atoms with E-state index in [4.69, 9.17) is 5.11 Å². The lowest BCUT2D eigenvalue weighted by molar-refractivity contribution is 0.0919. The van der Waals surface area contributed by atoms with Gasteiger partial charge < -0.3 is 20.4 Å². The van der Waals surface area contributed by atoms with Gasteiger partial charge in [-0.1, -0.05) is 13.8 Å². The average Bonchev–Trinajstić information content (AvgIpc) is 2.31. The molecule has 0 aliphatic carbocycles. The summed E-state index contributed by atoms with van der Waals surface area (Å²) in [6, 6.07) is 0.400. The van der Waals surface area contributed by atoms with Gasteiger partial charge >= 0.3 is 0 Å². The lowest BCUT2D eigenvalue weighted by atomic mass is 10.1. The Balaban J connectivity index is 3.46. The van der Waals surface area contributed by atoms with E-state index in [2.05, 4.69) is 31.0 Å². The van der Waals surface area contributed by atoms with E-state index in [0.29, 0.717) is 12.6 Å². The summed E-state index contributed by atoms with van der Waals surface area (Å²) in [6.07, 6.45) is 1.64. The number of aliphatic hydroxyl groups is 2. The van der Waals surface area contributed by atoms with Crippen LogP contribution in [-0.4, -0.2) is 60.0 Å². The van der Waals surface area contributed by atoms with Gasteiger partial charge in [0, 0.05) is 12.6 Å². The molecule has 4 heteroatoms. The van der Waals surface area contributed by atoms with Crippen LogP contribution in [0.25, 0.3) is 0 Å². The van der Waals surface area contributed by atoms with Crippen LogP contribution >= 0.6 is 0 Å². The van der Waals surface area contributed by atoms with Crippen molar-refractivity contribution in [3.8, 4) is 0 Å². The molecule has 0 amide bonds. The first-order valence-electron chi connectivity index (χ1n) is 6.38. The molecule has 0 saturated heterocycles. The van der Waals surface area contributed by atoms with E-state index in [9.17, 15) is 5.11 Å². The van der Waals surface area contributed by atoms with Crippen LogP contribution in [0.4, 0.5) is 0 Å². The molecule has 16 heavy (non-hydrogen) atoms. The van der Waals surface area contributed by atoms with Crippen LogP contribution in [0.2, 0.25) is 0 Å². The van der Waals surface area contributed by atoms with Gasteiger partial charge in [-0.2, -0.15) is 0 Å². The summed E-state index contributed by atoms with van der Waals surface area (Å²) in [5.74, 6) is 0. The van der Waals surface area contributed by atoms with E-state index in [1.54, 1.807) is 0 Å². The molecule has 0 saturated carbocycles. The van der Waals surface area contributed by atoms with Crippen molar-refractivity contribution in [2.75, 3.05) is 32.8 Å². The van der Waals surface area contributed by atoms with Gasteiger partial charge in [0.1, 0.15) is 0 Å². The minimum atomic E-state index is -0.634. The van der Waals surface area contributed by atoms with E-state index in [1.807, 2.05) is 0 Å². The topological polar surface area (TPSA) is 55.7 Å². The predicted molar refractivity (Wildman–Crippen MR) is 67.6 cm³/mol. The third-order valence-corrected chi connectivity index (χ3v) is 2.92. The maximum absolute atomic E-state index is 9.18. The van der Waals surface area contributed by atoms with Crippen molar-refractivity contribution in [2.45, 2.75) is 45.8 Å². The summed E-state index contributed by atoms with van der Waals surface area (Å²) < 4.78 is 0. The minimum Gasteiger partial charge on any atom is -0.394 e. The molecule has 0 aliphatic heterocycles. The largest absolute Gasteiger partial charge is 0.394 e. The van der Waals surface area contributed by atoms with E-state index in [1.165, 1.54) is 6.42 Å². The van der Waals surface area contributed by atoms with Gasteiger partial charge in [-0.3, -0.25) is 0 Å². The first-order valence-corrected chi connectivity index (χ1v) is 6.38. The summed E-state index contributed by atoms with van der Waals surface area (Å²) in [5.41, 5.74) is 0. The Bertz CT molecular complexity index is 152. The molecular weight excluding hydrogens is 204 g/mol. The molecule has 0 bridgehead atoms. The van der Waals surface area contributed by atoms with Gasteiger partial charge in [0.05, 0.1) is 12.7 Å². The van der Waals surface area contributed by atoms with Crippen LogP contribution in [0.3, 0.4) is 0 Å².